The lowest BCUT2D eigenvalue weighted by atomic mass is 10.1. The van der Waals surface area contributed by atoms with Crippen molar-refractivity contribution < 1.29 is 51.3 Å². The molecule has 3 aromatic rings. The standard InChI is InChI=1S/C22H22FN7O5.C2HF3O2/c1-13(31)25-9-17-11-29(22(33)35-17)16-3-4-18(19(23)6-16)14-2-5-20(26-8-14)30-10-15(27-28-30)12-34-21(32)7-24;3-2(4,5)1(6)7/h2-6,8,10,17H,7,9,11-12,24H2,1H3,(H,25,31);(H,6,7)/t17-;/m0./s1. The lowest BCUT2D eigenvalue weighted by Crippen LogP contribution is -2.33. The van der Waals surface area contributed by atoms with Gasteiger partial charge in [-0.15, -0.1) is 5.10 Å². The second-order valence-corrected chi connectivity index (χ2v) is 8.44. The summed E-state index contributed by atoms with van der Waals surface area (Å²) >= 11 is 0. The number of carboxylic acids is 1. The molecule has 42 heavy (non-hydrogen) atoms. The summed E-state index contributed by atoms with van der Waals surface area (Å²) < 4.78 is 58.2. The van der Waals surface area contributed by atoms with E-state index in [0.717, 1.165) is 0 Å². The molecule has 0 saturated carbocycles. The van der Waals surface area contributed by atoms with E-state index >= 15 is 0 Å². The zero-order chi connectivity index (χ0) is 31.0. The minimum absolute atomic E-state index is 0.0653. The van der Waals surface area contributed by atoms with Gasteiger partial charge in [-0.3, -0.25) is 14.5 Å². The number of carbonyl (C=O) groups is 4. The Morgan fingerprint density at radius 2 is 1.95 bits per heavy atom. The van der Waals surface area contributed by atoms with Crippen molar-refractivity contribution in [2.24, 2.45) is 5.73 Å². The number of hydrogen-bond acceptors (Lipinski definition) is 10. The number of nitrogens with zero attached hydrogens (tertiary/aromatic N) is 5. The van der Waals surface area contributed by atoms with Crippen LogP contribution in [0.25, 0.3) is 16.9 Å². The van der Waals surface area contributed by atoms with Crippen LogP contribution in [0.5, 0.6) is 0 Å². The quantitative estimate of drug-likeness (QED) is 0.252. The number of carboxylic acid groups (broad SMARTS) is 1. The average Bonchev–Trinajstić information content (AvgIpc) is 3.57. The van der Waals surface area contributed by atoms with Gasteiger partial charge in [-0.1, -0.05) is 5.21 Å². The number of alkyl halides is 3. The first-order chi connectivity index (χ1) is 19.8. The molecule has 1 atom stereocenters. The van der Waals surface area contributed by atoms with E-state index in [1.54, 1.807) is 30.5 Å². The number of esters is 1. The van der Waals surface area contributed by atoms with Crippen LogP contribution in [0.15, 0.2) is 42.7 Å². The van der Waals surface area contributed by atoms with Crippen LogP contribution in [-0.4, -0.2) is 80.9 Å². The summed E-state index contributed by atoms with van der Waals surface area (Å²) in [6.45, 7) is 1.46. The van der Waals surface area contributed by atoms with Gasteiger partial charge in [0, 0.05) is 24.2 Å². The predicted molar refractivity (Wildman–Crippen MR) is 133 cm³/mol. The van der Waals surface area contributed by atoms with Crippen LogP contribution in [0.3, 0.4) is 0 Å². The first-order valence-electron chi connectivity index (χ1n) is 11.8. The summed E-state index contributed by atoms with van der Waals surface area (Å²) in [6.07, 6.45) is -3.17. The molecule has 4 rings (SSSR count). The Morgan fingerprint density at radius 1 is 1.24 bits per heavy atom. The van der Waals surface area contributed by atoms with Crippen molar-refractivity contribution in [3.05, 3.63) is 54.2 Å². The molecular weight excluding hydrogens is 574 g/mol. The van der Waals surface area contributed by atoms with Crippen molar-refractivity contribution in [1.82, 2.24) is 25.3 Å². The highest BCUT2D eigenvalue weighted by Crippen LogP contribution is 2.29. The van der Waals surface area contributed by atoms with E-state index in [1.165, 1.54) is 28.8 Å². The zero-order valence-electron chi connectivity index (χ0n) is 21.7. The number of rotatable bonds is 8. The van der Waals surface area contributed by atoms with Crippen molar-refractivity contribution in [2.45, 2.75) is 25.8 Å². The van der Waals surface area contributed by atoms with Crippen molar-refractivity contribution in [1.29, 1.82) is 0 Å². The van der Waals surface area contributed by atoms with Crippen LogP contribution in [0.1, 0.15) is 12.6 Å². The number of hydrogen-bond donors (Lipinski definition) is 3. The van der Waals surface area contributed by atoms with Gasteiger partial charge in [-0.25, -0.2) is 23.6 Å². The smallest absolute Gasteiger partial charge is 0.475 e. The summed E-state index contributed by atoms with van der Waals surface area (Å²) in [5.41, 5.74) is 6.76. The van der Waals surface area contributed by atoms with E-state index in [1.807, 2.05) is 0 Å². The summed E-state index contributed by atoms with van der Waals surface area (Å²) in [6, 6.07) is 7.72. The van der Waals surface area contributed by atoms with E-state index in [0.29, 0.717) is 28.3 Å². The molecule has 1 fully saturated rings. The zero-order valence-corrected chi connectivity index (χ0v) is 21.7. The molecule has 0 aliphatic carbocycles. The van der Waals surface area contributed by atoms with Crippen LogP contribution in [0.4, 0.5) is 28.0 Å². The maximum atomic E-state index is 14.9. The minimum Gasteiger partial charge on any atom is -0.475 e. The highest BCUT2D eigenvalue weighted by atomic mass is 19.4. The molecule has 0 unspecified atom stereocenters. The summed E-state index contributed by atoms with van der Waals surface area (Å²) in [4.78, 5) is 48.9. The van der Waals surface area contributed by atoms with E-state index in [4.69, 9.17) is 25.1 Å². The molecule has 0 spiro atoms. The van der Waals surface area contributed by atoms with Crippen molar-refractivity contribution in [3.8, 4) is 16.9 Å². The highest BCUT2D eigenvalue weighted by Gasteiger charge is 2.38. The summed E-state index contributed by atoms with van der Waals surface area (Å²) in [5.74, 6) is -3.65. The van der Waals surface area contributed by atoms with Crippen LogP contribution in [0, 0.1) is 5.82 Å². The molecule has 1 aliphatic rings. The first-order valence-corrected chi connectivity index (χ1v) is 11.8. The topological polar surface area (TPSA) is 192 Å². The number of anilines is 1. The maximum Gasteiger partial charge on any atom is 0.490 e. The first kappa shape index (κ1) is 31.4. The van der Waals surface area contributed by atoms with Gasteiger partial charge in [0.2, 0.25) is 5.91 Å². The molecule has 0 bridgehead atoms. The van der Waals surface area contributed by atoms with Crippen molar-refractivity contribution in [2.75, 3.05) is 24.5 Å². The Balaban J connectivity index is 0.000000616. The average molecular weight is 597 g/mol. The number of aromatic nitrogens is 4. The number of amides is 2. The third-order valence-electron chi connectivity index (χ3n) is 5.34. The van der Waals surface area contributed by atoms with Crippen LogP contribution < -0.4 is 16.0 Å². The SMILES string of the molecule is CC(=O)NC[C@H]1CN(c2ccc(-c3ccc(-n4cc(COC(=O)CN)nn4)nc3)c(F)c2)C(=O)O1.O=C(O)C(F)(F)F. The molecule has 1 saturated heterocycles. The number of nitrogens with two attached hydrogens (primary N) is 1. The number of benzene rings is 1. The number of cyclic esters (lactones) is 1. The van der Waals surface area contributed by atoms with Gasteiger partial charge in [0.15, 0.2) is 5.82 Å². The number of ether oxygens (including phenoxy) is 2. The molecule has 224 valence electrons. The molecule has 3 heterocycles. The van der Waals surface area contributed by atoms with E-state index < -0.39 is 36.1 Å². The largest absolute Gasteiger partial charge is 0.490 e. The molecule has 14 nitrogen and oxygen atoms in total. The van der Waals surface area contributed by atoms with Gasteiger partial charge in [0.25, 0.3) is 0 Å². The Hall–Kier alpha value is -5.13. The molecule has 2 aromatic heterocycles. The number of carbonyl (C=O) groups excluding carboxylic acids is 3. The van der Waals surface area contributed by atoms with E-state index in [-0.39, 0.29) is 32.1 Å². The molecular formula is C24H23F4N7O7. The van der Waals surface area contributed by atoms with Gasteiger partial charge in [-0.05, 0) is 30.3 Å². The number of halogens is 4. The second kappa shape index (κ2) is 13.5. The van der Waals surface area contributed by atoms with E-state index in [9.17, 15) is 31.9 Å². The molecule has 4 N–H and O–H groups in total. The number of pyridine rings is 1. The third kappa shape index (κ3) is 8.43. The van der Waals surface area contributed by atoms with Crippen LogP contribution in [0.2, 0.25) is 0 Å². The lowest BCUT2D eigenvalue weighted by molar-refractivity contribution is -0.192. The molecule has 2 amide bonds. The summed E-state index contributed by atoms with van der Waals surface area (Å²) in [5, 5.41) is 17.6. The Kier molecular flexibility index (Phi) is 10.1. The van der Waals surface area contributed by atoms with Crippen molar-refractivity contribution in [3.63, 3.8) is 0 Å². The van der Waals surface area contributed by atoms with E-state index in [2.05, 4.69) is 20.6 Å². The Labute approximate surface area is 234 Å². The second-order valence-electron chi connectivity index (χ2n) is 8.44. The van der Waals surface area contributed by atoms with Gasteiger partial charge in [0.1, 0.15) is 24.2 Å². The molecule has 18 heteroatoms. The van der Waals surface area contributed by atoms with Crippen LogP contribution in [-0.2, 0) is 30.5 Å². The monoisotopic (exact) mass is 597 g/mol. The lowest BCUT2D eigenvalue weighted by Gasteiger charge is -2.14. The predicted octanol–water partition coefficient (Wildman–Crippen LogP) is 1.56. The highest BCUT2D eigenvalue weighted by molar-refractivity contribution is 5.90. The summed E-state index contributed by atoms with van der Waals surface area (Å²) in [7, 11) is 0. The Bertz CT molecular complexity index is 1450. The normalized spacial score (nSPS) is 14.5. The number of aliphatic carboxylic acids is 1. The third-order valence-corrected chi connectivity index (χ3v) is 5.34. The fraction of sp³-hybridized carbons (Fsp3) is 0.292. The molecule has 0 radical (unpaired) electrons. The molecule has 1 aliphatic heterocycles. The Morgan fingerprint density at radius 3 is 2.52 bits per heavy atom. The maximum absolute atomic E-state index is 14.9. The molecule has 1 aromatic carbocycles. The fourth-order valence-corrected chi connectivity index (χ4v) is 3.37. The fourth-order valence-electron chi connectivity index (χ4n) is 3.37. The van der Waals surface area contributed by atoms with Gasteiger partial charge in [0.05, 0.1) is 31.5 Å². The number of nitrogens with one attached hydrogen (secondary N) is 1. The van der Waals surface area contributed by atoms with Crippen LogP contribution >= 0.6 is 0 Å². The van der Waals surface area contributed by atoms with Gasteiger partial charge in [-0.2, -0.15) is 13.2 Å². The van der Waals surface area contributed by atoms with Gasteiger partial charge >= 0.3 is 24.2 Å². The minimum atomic E-state index is -5.08. The van der Waals surface area contributed by atoms with Crippen molar-refractivity contribution >= 4 is 29.6 Å². The van der Waals surface area contributed by atoms with Gasteiger partial charge < -0.3 is 25.6 Å².